The number of benzene rings is 1. The minimum atomic E-state index is -0.430. The Bertz CT molecular complexity index is 386. The molecular weight excluding hydrogens is 247 g/mol. The summed E-state index contributed by atoms with van der Waals surface area (Å²) in [6, 6.07) is 6.52. The summed E-state index contributed by atoms with van der Waals surface area (Å²) < 4.78 is 12.8. The van der Waals surface area contributed by atoms with Crippen LogP contribution in [0.4, 0.5) is 4.39 Å². The van der Waals surface area contributed by atoms with E-state index in [1.54, 1.807) is 12.1 Å². The van der Waals surface area contributed by atoms with Crippen molar-refractivity contribution in [3.05, 3.63) is 35.6 Å². The standard InChI is InChI=1S/C14H21FN2O2/c15-12-3-1-11(2-4-12)9-17-7-5-13(14(19)10-17)16-6-8-18/h1-4,13-14,16,18-19H,5-10H2/t13-,14-/m1/s1. The molecule has 1 aliphatic heterocycles. The van der Waals surface area contributed by atoms with Crippen molar-refractivity contribution in [1.29, 1.82) is 0 Å². The third-order valence-corrected chi connectivity index (χ3v) is 3.50. The predicted molar refractivity (Wildman–Crippen MR) is 71.2 cm³/mol. The van der Waals surface area contributed by atoms with Crippen LogP contribution in [0.1, 0.15) is 12.0 Å². The Morgan fingerprint density at radius 2 is 2.05 bits per heavy atom. The zero-order valence-corrected chi connectivity index (χ0v) is 10.9. The van der Waals surface area contributed by atoms with Gasteiger partial charge in [-0.15, -0.1) is 0 Å². The van der Waals surface area contributed by atoms with Crippen molar-refractivity contribution >= 4 is 0 Å². The molecule has 1 aromatic rings. The molecule has 0 aromatic heterocycles. The Morgan fingerprint density at radius 1 is 1.32 bits per heavy atom. The SMILES string of the molecule is OCCN[C@@H]1CCN(Cc2ccc(F)cc2)C[C@H]1O. The van der Waals surface area contributed by atoms with Crippen LogP contribution in [-0.2, 0) is 6.54 Å². The van der Waals surface area contributed by atoms with Gasteiger partial charge in [0, 0.05) is 32.2 Å². The monoisotopic (exact) mass is 268 g/mol. The molecule has 1 aromatic carbocycles. The number of nitrogens with zero attached hydrogens (tertiary/aromatic N) is 1. The number of halogens is 1. The average Bonchev–Trinajstić information content (AvgIpc) is 2.41. The summed E-state index contributed by atoms with van der Waals surface area (Å²) >= 11 is 0. The van der Waals surface area contributed by atoms with Crippen molar-refractivity contribution in [1.82, 2.24) is 10.2 Å². The van der Waals surface area contributed by atoms with Crippen molar-refractivity contribution in [2.45, 2.75) is 25.1 Å². The molecule has 5 heteroatoms. The second-order valence-corrected chi connectivity index (χ2v) is 5.00. The number of aliphatic hydroxyl groups is 2. The lowest BCUT2D eigenvalue weighted by Gasteiger charge is -2.36. The average molecular weight is 268 g/mol. The van der Waals surface area contributed by atoms with Crippen LogP contribution in [0.15, 0.2) is 24.3 Å². The first-order valence-corrected chi connectivity index (χ1v) is 6.68. The van der Waals surface area contributed by atoms with Crippen molar-refractivity contribution in [2.75, 3.05) is 26.2 Å². The van der Waals surface area contributed by atoms with E-state index in [0.717, 1.165) is 25.1 Å². The van der Waals surface area contributed by atoms with E-state index in [2.05, 4.69) is 10.2 Å². The van der Waals surface area contributed by atoms with E-state index in [4.69, 9.17) is 5.11 Å². The van der Waals surface area contributed by atoms with E-state index in [-0.39, 0.29) is 18.5 Å². The molecule has 3 N–H and O–H groups in total. The van der Waals surface area contributed by atoms with Crippen LogP contribution < -0.4 is 5.32 Å². The van der Waals surface area contributed by atoms with Crippen molar-refractivity contribution in [3.63, 3.8) is 0 Å². The minimum absolute atomic E-state index is 0.0524. The fourth-order valence-electron chi connectivity index (χ4n) is 2.48. The predicted octanol–water partition coefficient (Wildman–Crippen LogP) is 0.343. The number of hydrogen-bond donors (Lipinski definition) is 3. The molecule has 1 saturated heterocycles. The molecule has 1 fully saturated rings. The van der Waals surface area contributed by atoms with Crippen LogP contribution in [0, 0.1) is 5.82 Å². The second kappa shape index (κ2) is 6.96. The Kier molecular flexibility index (Phi) is 5.27. The third-order valence-electron chi connectivity index (χ3n) is 3.50. The van der Waals surface area contributed by atoms with E-state index in [0.29, 0.717) is 13.1 Å². The number of likely N-dealkylation sites (tertiary alicyclic amines) is 1. The smallest absolute Gasteiger partial charge is 0.123 e. The summed E-state index contributed by atoms with van der Waals surface area (Å²) in [4.78, 5) is 2.16. The second-order valence-electron chi connectivity index (χ2n) is 5.00. The molecule has 4 nitrogen and oxygen atoms in total. The van der Waals surface area contributed by atoms with Gasteiger partial charge in [0.25, 0.3) is 0 Å². The molecule has 1 heterocycles. The molecule has 106 valence electrons. The van der Waals surface area contributed by atoms with Gasteiger partial charge in [-0.3, -0.25) is 4.90 Å². The van der Waals surface area contributed by atoms with Crippen LogP contribution in [-0.4, -0.2) is 53.5 Å². The Labute approximate surface area is 112 Å². The highest BCUT2D eigenvalue weighted by Gasteiger charge is 2.26. The molecule has 1 aliphatic rings. The van der Waals surface area contributed by atoms with Gasteiger partial charge in [-0.05, 0) is 24.1 Å². The van der Waals surface area contributed by atoms with Gasteiger partial charge < -0.3 is 15.5 Å². The van der Waals surface area contributed by atoms with Gasteiger partial charge in [-0.25, -0.2) is 4.39 Å². The van der Waals surface area contributed by atoms with Gasteiger partial charge in [-0.2, -0.15) is 0 Å². The molecule has 0 spiro atoms. The van der Waals surface area contributed by atoms with E-state index < -0.39 is 6.10 Å². The van der Waals surface area contributed by atoms with Crippen LogP contribution in [0.2, 0.25) is 0 Å². The summed E-state index contributed by atoms with van der Waals surface area (Å²) in [7, 11) is 0. The van der Waals surface area contributed by atoms with Crippen molar-refractivity contribution in [2.24, 2.45) is 0 Å². The zero-order valence-electron chi connectivity index (χ0n) is 10.9. The maximum absolute atomic E-state index is 12.8. The number of rotatable bonds is 5. The number of hydrogen-bond acceptors (Lipinski definition) is 4. The largest absolute Gasteiger partial charge is 0.395 e. The molecule has 0 amide bonds. The molecule has 0 bridgehead atoms. The van der Waals surface area contributed by atoms with Gasteiger partial charge in [-0.1, -0.05) is 12.1 Å². The highest BCUT2D eigenvalue weighted by Crippen LogP contribution is 2.14. The van der Waals surface area contributed by atoms with Gasteiger partial charge >= 0.3 is 0 Å². The third kappa shape index (κ3) is 4.24. The van der Waals surface area contributed by atoms with E-state index >= 15 is 0 Å². The Balaban J connectivity index is 1.82. The highest BCUT2D eigenvalue weighted by atomic mass is 19.1. The summed E-state index contributed by atoms with van der Waals surface area (Å²) in [6.07, 6.45) is 0.420. The maximum atomic E-state index is 12.8. The quantitative estimate of drug-likeness (QED) is 0.721. The first kappa shape index (κ1) is 14.4. The Hall–Kier alpha value is -1.01. The van der Waals surface area contributed by atoms with Crippen LogP contribution >= 0.6 is 0 Å². The summed E-state index contributed by atoms with van der Waals surface area (Å²) in [5.41, 5.74) is 1.05. The molecule has 0 unspecified atom stereocenters. The molecule has 0 saturated carbocycles. The lowest BCUT2D eigenvalue weighted by molar-refractivity contribution is 0.0357. The molecule has 2 rings (SSSR count). The van der Waals surface area contributed by atoms with Gasteiger partial charge in [0.15, 0.2) is 0 Å². The molecule has 19 heavy (non-hydrogen) atoms. The van der Waals surface area contributed by atoms with Gasteiger partial charge in [0.05, 0.1) is 12.7 Å². The van der Waals surface area contributed by atoms with Gasteiger partial charge in [0.1, 0.15) is 5.82 Å². The number of piperidine rings is 1. The van der Waals surface area contributed by atoms with E-state index in [1.165, 1.54) is 12.1 Å². The fraction of sp³-hybridized carbons (Fsp3) is 0.571. The first-order valence-electron chi connectivity index (χ1n) is 6.68. The molecule has 0 radical (unpaired) electrons. The number of aliphatic hydroxyl groups excluding tert-OH is 2. The molecular formula is C14H21FN2O2. The Morgan fingerprint density at radius 3 is 2.68 bits per heavy atom. The minimum Gasteiger partial charge on any atom is -0.395 e. The van der Waals surface area contributed by atoms with Gasteiger partial charge in [0.2, 0.25) is 0 Å². The van der Waals surface area contributed by atoms with Crippen LogP contribution in [0.5, 0.6) is 0 Å². The van der Waals surface area contributed by atoms with Crippen LogP contribution in [0.3, 0.4) is 0 Å². The molecule has 2 atom stereocenters. The lowest BCUT2D eigenvalue weighted by Crippen LogP contribution is -2.52. The van der Waals surface area contributed by atoms with E-state index in [1.807, 2.05) is 0 Å². The maximum Gasteiger partial charge on any atom is 0.123 e. The summed E-state index contributed by atoms with van der Waals surface area (Å²) in [5.74, 6) is -0.226. The summed E-state index contributed by atoms with van der Waals surface area (Å²) in [6.45, 7) is 2.81. The highest BCUT2D eigenvalue weighted by molar-refractivity contribution is 5.16. The van der Waals surface area contributed by atoms with Crippen molar-refractivity contribution < 1.29 is 14.6 Å². The normalized spacial score (nSPS) is 24.6. The topological polar surface area (TPSA) is 55.7 Å². The summed E-state index contributed by atoms with van der Waals surface area (Å²) in [5, 5.41) is 21.9. The molecule has 0 aliphatic carbocycles. The number of β-amino-alcohol motifs (C(OH)–C–C–N with tert-alkyl or cyclic N) is 1. The first-order chi connectivity index (χ1) is 9.19. The van der Waals surface area contributed by atoms with E-state index in [9.17, 15) is 9.50 Å². The fourth-order valence-corrected chi connectivity index (χ4v) is 2.48. The zero-order chi connectivity index (χ0) is 13.7. The lowest BCUT2D eigenvalue weighted by atomic mass is 10.0. The van der Waals surface area contributed by atoms with Crippen molar-refractivity contribution in [3.8, 4) is 0 Å². The number of nitrogens with one attached hydrogen (secondary N) is 1. The van der Waals surface area contributed by atoms with Crippen LogP contribution in [0.25, 0.3) is 0 Å².